The zero-order valence-electron chi connectivity index (χ0n) is 17.3. The summed E-state index contributed by atoms with van der Waals surface area (Å²) in [6.07, 6.45) is 4.21. The van der Waals surface area contributed by atoms with E-state index in [0.29, 0.717) is 18.8 Å². The van der Waals surface area contributed by atoms with Gasteiger partial charge in [-0.1, -0.05) is 37.6 Å². The third-order valence-corrected chi connectivity index (χ3v) is 7.53. The average Bonchev–Trinajstić information content (AvgIpc) is 3.21. The maximum Gasteiger partial charge on any atom is 0.305 e. The summed E-state index contributed by atoms with van der Waals surface area (Å²) in [4.78, 5) is 11.7. The molecule has 4 aliphatic rings. The summed E-state index contributed by atoms with van der Waals surface area (Å²) in [5.74, 6) is -1.78. The van der Waals surface area contributed by atoms with Gasteiger partial charge in [0.15, 0.2) is 11.2 Å². The molecule has 1 saturated carbocycles. The minimum Gasteiger partial charge on any atom is -0.432 e. The van der Waals surface area contributed by atoms with Gasteiger partial charge in [-0.15, -0.1) is 0 Å². The second kappa shape index (κ2) is 6.14. The molecule has 6 heteroatoms. The van der Waals surface area contributed by atoms with E-state index in [4.69, 9.17) is 14.2 Å². The number of aliphatic hydroxyl groups excluding tert-OH is 1. The molecule has 6 nitrogen and oxygen atoms in total. The molecule has 6 atom stereocenters. The van der Waals surface area contributed by atoms with Crippen LogP contribution >= 0.6 is 0 Å². The third-order valence-electron chi connectivity index (χ3n) is 7.53. The zero-order valence-corrected chi connectivity index (χ0v) is 17.3. The topological polar surface area (TPSA) is 88.5 Å². The van der Waals surface area contributed by atoms with Crippen LogP contribution in [0.15, 0.2) is 23.8 Å². The van der Waals surface area contributed by atoms with Crippen molar-refractivity contribution in [3.05, 3.63) is 23.8 Å². The molecule has 1 spiro atoms. The Labute approximate surface area is 166 Å². The number of hydrogen-bond acceptors (Lipinski definition) is 6. The van der Waals surface area contributed by atoms with Crippen molar-refractivity contribution in [2.45, 2.75) is 95.6 Å². The average molecular weight is 392 g/mol. The van der Waals surface area contributed by atoms with Crippen molar-refractivity contribution in [1.82, 2.24) is 0 Å². The maximum absolute atomic E-state index is 11.8. The van der Waals surface area contributed by atoms with E-state index in [0.717, 1.165) is 30.4 Å². The highest BCUT2D eigenvalue weighted by atomic mass is 16.8. The summed E-state index contributed by atoms with van der Waals surface area (Å²) in [5, 5.41) is 22.1. The second-order valence-electron chi connectivity index (χ2n) is 9.72. The quantitative estimate of drug-likeness (QED) is 0.405. The number of carbonyl (C=O) groups excluding carboxylic acids is 1. The van der Waals surface area contributed by atoms with E-state index in [1.54, 1.807) is 6.08 Å². The summed E-state index contributed by atoms with van der Waals surface area (Å²) in [5.41, 5.74) is -0.296. The van der Waals surface area contributed by atoms with Crippen LogP contribution in [0.3, 0.4) is 0 Å². The summed E-state index contributed by atoms with van der Waals surface area (Å²) < 4.78 is 17.9. The van der Waals surface area contributed by atoms with E-state index in [9.17, 15) is 15.0 Å². The van der Waals surface area contributed by atoms with Crippen molar-refractivity contribution in [2.75, 3.05) is 0 Å². The van der Waals surface area contributed by atoms with Crippen LogP contribution in [0.5, 0.6) is 0 Å². The van der Waals surface area contributed by atoms with Crippen LogP contribution in [0, 0.1) is 11.3 Å². The number of epoxide rings is 1. The SMILES string of the molecule is C=C1CC[C@@H]2CC[C@]34O[C@@]3(C2(C)C)[C@@](O)(C/C(C)=C/[C@@H](O)C1)O[C@@H]4OC(C)=O. The molecule has 28 heavy (non-hydrogen) atoms. The van der Waals surface area contributed by atoms with E-state index in [1.807, 2.05) is 6.92 Å². The van der Waals surface area contributed by atoms with Crippen LogP contribution in [-0.4, -0.2) is 45.6 Å². The van der Waals surface area contributed by atoms with Crippen LogP contribution in [-0.2, 0) is 19.0 Å². The molecule has 4 rings (SSSR count). The number of hydrogen-bond donors (Lipinski definition) is 2. The number of carbonyl (C=O) groups is 1. The highest BCUT2D eigenvalue weighted by Crippen LogP contribution is 2.77. The van der Waals surface area contributed by atoms with Crippen LogP contribution < -0.4 is 0 Å². The van der Waals surface area contributed by atoms with E-state index < -0.39 is 35.4 Å². The molecule has 2 N–H and O–H groups in total. The van der Waals surface area contributed by atoms with Crippen LogP contribution in [0.1, 0.15) is 66.2 Å². The summed E-state index contributed by atoms with van der Waals surface area (Å²) in [7, 11) is 0. The molecule has 2 aliphatic carbocycles. The summed E-state index contributed by atoms with van der Waals surface area (Å²) in [6.45, 7) is 11.6. The minimum atomic E-state index is -1.62. The van der Waals surface area contributed by atoms with Crippen molar-refractivity contribution < 1.29 is 29.2 Å². The Hall–Kier alpha value is -1.21. The van der Waals surface area contributed by atoms with E-state index in [2.05, 4.69) is 20.4 Å². The van der Waals surface area contributed by atoms with Gasteiger partial charge in [0, 0.05) is 18.8 Å². The van der Waals surface area contributed by atoms with Crippen LogP contribution in [0.2, 0.25) is 0 Å². The Kier molecular flexibility index (Phi) is 4.41. The Morgan fingerprint density at radius 3 is 2.75 bits per heavy atom. The number of fused-ring (bicyclic) bond motifs is 1. The highest BCUT2D eigenvalue weighted by molar-refractivity contribution is 5.66. The number of esters is 1. The fourth-order valence-corrected chi connectivity index (χ4v) is 6.33. The van der Waals surface area contributed by atoms with Gasteiger partial charge in [0.05, 0.1) is 6.10 Å². The second-order valence-corrected chi connectivity index (χ2v) is 9.72. The molecule has 2 aliphatic heterocycles. The first-order valence-electron chi connectivity index (χ1n) is 10.3. The summed E-state index contributed by atoms with van der Waals surface area (Å²) >= 11 is 0. The molecule has 2 heterocycles. The van der Waals surface area contributed by atoms with Crippen molar-refractivity contribution in [3.63, 3.8) is 0 Å². The Balaban J connectivity index is 1.80. The van der Waals surface area contributed by atoms with Gasteiger partial charge in [0.2, 0.25) is 12.1 Å². The Morgan fingerprint density at radius 2 is 2.07 bits per heavy atom. The van der Waals surface area contributed by atoms with Gasteiger partial charge in [-0.05, 0) is 44.9 Å². The predicted octanol–water partition coefficient (Wildman–Crippen LogP) is 2.98. The van der Waals surface area contributed by atoms with Gasteiger partial charge in [-0.25, -0.2) is 0 Å². The molecule has 2 saturated heterocycles. The molecule has 0 aromatic heterocycles. The molecule has 0 unspecified atom stereocenters. The fourth-order valence-electron chi connectivity index (χ4n) is 6.33. The normalized spacial score (nSPS) is 49.1. The molecule has 156 valence electrons. The molecular weight excluding hydrogens is 360 g/mol. The summed E-state index contributed by atoms with van der Waals surface area (Å²) in [6, 6.07) is 0. The molecule has 3 fully saturated rings. The van der Waals surface area contributed by atoms with Crippen LogP contribution in [0.4, 0.5) is 0 Å². The van der Waals surface area contributed by atoms with E-state index in [-0.39, 0.29) is 11.8 Å². The van der Waals surface area contributed by atoms with Crippen molar-refractivity contribution in [1.29, 1.82) is 0 Å². The standard InChI is InChI=1S/C22H32O6/c1-13-6-7-16-8-9-20-18(26-15(3)23)27-21(25,12-14(2)11-17(24)10-13)22(20,28-20)19(16,4)5/h11,16-18,24-25H,1,6-10,12H2,2-5H3/b14-11+/t16-,17+,18+,20-,21-,22-/m1/s1. The van der Waals surface area contributed by atoms with Crippen molar-refractivity contribution in [3.8, 4) is 0 Å². The third kappa shape index (κ3) is 2.51. The Bertz CT molecular complexity index is 741. The first kappa shape index (κ1) is 20.1. The fraction of sp³-hybridized carbons (Fsp3) is 0.773. The minimum absolute atomic E-state index is 0.187. The molecule has 0 aromatic carbocycles. The largest absolute Gasteiger partial charge is 0.432 e. The first-order chi connectivity index (χ1) is 13.0. The molecule has 2 bridgehead atoms. The molecule has 0 amide bonds. The van der Waals surface area contributed by atoms with Gasteiger partial charge in [0.25, 0.3) is 0 Å². The number of ether oxygens (including phenoxy) is 3. The van der Waals surface area contributed by atoms with Crippen molar-refractivity contribution in [2.24, 2.45) is 11.3 Å². The lowest BCUT2D eigenvalue weighted by atomic mass is 9.54. The number of aliphatic hydroxyl groups is 2. The van der Waals surface area contributed by atoms with E-state index >= 15 is 0 Å². The van der Waals surface area contributed by atoms with Gasteiger partial charge in [-0.2, -0.15) is 0 Å². The maximum atomic E-state index is 11.8. The molecule has 0 aromatic rings. The highest BCUT2D eigenvalue weighted by Gasteiger charge is 2.94. The van der Waals surface area contributed by atoms with Gasteiger partial charge >= 0.3 is 5.97 Å². The Morgan fingerprint density at radius 1 is 1.36 bits per heavy atom. The monoisotopic (exact) mass is 392 g/mol. The predicted molar refractivity (Wildman–Crippen MR) is 102 cm³/mol. The zero-order chi connectivity index (χ0) is 20.5. The van der Waals surface area contributed by atoms with Gasteiger partial charge in [-0.3, -0.25) is 4.79 Å². The van der Waals surface area contributed by atoms with Crippen molar-refractivity contribution >= 4 is 5.97 Å². The number of rotatable bonds is 1. The lowest BCUT2D eigenvalue weighted by Gasteiger charge is -2.47. The van der Waals surface area contributed by atoms with E-state index in [1.165, 1.54) is 6.92 Å². The first-order valence-corrected chi connectivity index (χ1v) is 10.3. The van der Waals surface area contributed by atoms with Gasteiger partial charge in [0.1, 0.15) is 0 Å². The smallest absolute Gasteiger partial charge is 0.305 e. The van der Waals surface area contributed by atoms with Gasteiger partial charge < -0.3 is 24.4 Å². The molecular formula is C22H32O6. The lowest BCUT2D eigenvalue weighted by molar-refractivity contribution is -0.309. The van der Waals surface area contributed by atoms with Crippen LogP contribution in [0.25, 0.3) is 0 Å². The molecule has 0 radical (unpaired) electrons. The lowest BCUT2D eigenvalue weighted by Crippen LogP contribution is -2.59.